The molecule has 2 amide bonds. The largest absolute Gasteiger partial charge is 0.444 e. The van der Waals surface area contributed by atoms with Crippen LogP contribution >= 0.6 is 15.9 Å². The number of Topliss-reactive ketones (excluding diaryl/α,β-unsaturated/α-hetero) is 1. The van der Waals surface area contributed by atoms with E-state index < -0.39 is 17.7 Å². The second kappa shape index (κ2) is 7.99. The average Bonchev–Trinajstić information content (AvgIpc) is 3.00. The molecule has 1 atom stereocenters. The van der Waals surface area contributed by atoms with Gasteiger partial charge in [0.2, 0.25) is 5.91 Å². The van der Waals surface area contributed by atoms with Gasteiger partial charge in [0.15, 0.2) is 5.78 Å². The van der Waals surface area contributed by atoms with Crippen LogP contribution in [0.15, 0.2) is 28.7 Å². The third kappa shape index (κ3) is 5.56. The second-order valence-electron chi connectivity index (χ2n) is 6.98. The van der Waals surface area contributed by atoms with Gasteiger partial charge in [0.05, 0.1) is 6.54 Å². The van der Waals surface area contributed by atoms with Crippen molar-refractivity contribution in [1.82, 2.24) is 10.2 Å². The predicted molar refractivity (Wildman–Crippen MR) is 97.4 cm³/mol. The molecule has 0 saturated carbocycles. The molecular weight excluding hydrogens is 388 g/mol. The van der Waals surface area contributed by atoms with Gasteiger partial charge in [-0.1, -0.05) is 28.1 Å². The molecule has 0 spiro atoms. The molecule has 25 heavy (non-hydrogen) atoms. The van der Waals surface area contributed by atoms with Crippen LogP contribution in [-0.4, -0.2) is 47.4 Å². The molecule has 0 radical (unpaired) electrons. The molecule has 7 heteroatoms. The fourth-order valence-electron chi connectivity index (χ4n) is 2.63. The minimum absolute atomic E-state index is 0.103. The molecule has 1 fully saturated rings. The molecule has 6 nitrogen and oxygen atoms in total. The number of ketones is 1. The van der Waals surface area contributed by atoms with E-state index >= 15 is 0 Å². The Morgan fingerprint density at radius 1 is 1.32 bits per heavy atom. The number of ether oxygens (including phenoxy) is 1. The summed E-state index contributed by atoms with van der Waals surface area (Å²) in [6.45, 7) is 5.73. The molecule has 0 aliphatic carbocycles. The molecule has 1 aliphatic rings. The molecule has 0 aromatic heterocycles. The van der Waals surface area contributed by atoms with Crippen LogP contribution in [0.5, 0.6) is 0 Å². The molecule has 0 unspecified atom stereocenters. The Labute approximate surface area is 156 Å². The minimum atomic E-state index is -0.614. The number of carbonyl (C=O) groups is 3. The van der Waals surface area contributed by atoms with Crippen LogP contribution in [0.3, 0.4) is 0 Å². The van der Waals surface area contributed by atoms with Crippen LogP contribution in [0.1, 0.15) is 44.0 Å². The zero-order valence-electron chi connectivity index (χ0n) is 14.7. The number of nitrogens with one attached hydrogen (secondary N) is 1. The highest BCUT2D eigenvalue weighted by atomic mass is 79.9. The van der Waals surface area contributed by atoms with Gasteiger partial charge in [-0.3, -0.25) is 14.5 Å². The van der Waals surface area contributed by atoms with Gasteiger partial charge >= 0.3 is 6.09 Å². The number of benzene rings is 1. The van der Waals surface area contributed by atoms with Crippen molar-refractivity contribution in [3.8, 4) is 0 Å². The highest BCUT2D eigenvalue weighted by Gasteiger charge is 2.36. The van der Waals surface area contributed by atoms with Crippen LogP contribution in [-0.2, 0) is 9.53 Å². The Morgan fingerprint density at radius 3 is 2.68 bits per heavy atom. The first kappa shape index (κ1) is 19.4. The minimum Gasteiger partial charge on any atom is -0.444 e. The topological polar surface area (TPSA) is 75.7 Å². The third-order valence-electron chi connectivity index (χ3n) is 3.75. The molecular formula is C18H23BrN2O4. The van der Waals surface area contributed by atoms with E-state index in [1.165, 1.54) is 4.90 Å². The number of carbonyl (C=O) groups excluding carboxylic acids is 3. The second-order valence-corrected chi connectivity index (χ2v) is 7.90. The Kier molecular flexibility index (Phi) is 6.21. The van der Waals surface area contributed by atoms with Gasteiger partial charge in [-0.05, 0) is 45.7 Å². The molecule has 1 aliphatic heterocycles. The number of hydrogen-bond acceptors (Lipinski definition) is 4. The lowest BCUT2D eigenvalue weighted by atomic mass is 10.1. The SMILES string of the molecule is CC(C)(C)OC(=O)N1CCC[C@H]1C(=O)NCC(=O)c1cccc(Br)c1. The molecule has 1 aromatic carbocycles. The van der Waals surface area contributed by atoms with Gasteiger partial charge in [-0.2, -0.15) is 0 Å². The fraction of sp³-hybridized carbons (Fsp3) is 0.500. The number of hydrogen-bond donors (Lipinski definition) is 1. The molecule has 1 saturated heterocycles. The van der Waals surface area contributed by atoms with E-state index in [-0.39, 0.29) is 18.2 Å². The summed E-state index contributed by atoms with van der Waals surface area (Å²) < 4.78 is 6.15. The maximum Gasteiger partial charge on any atom is 0.410 e. The molecule has 1 heterocycles. The fourth-order valence-corrected chi connectivity index (χ4v) is 3.03. The van der Waals surface area contributed by atoms with Crippen molar-refractivity contribution in [3.05, 3.63) is 34.3 Å². The van der Waals surface area contributed by atoms with Gasteiger partial charge < -0.3 is 10.1 Å². The van der Waals surface area contributed by atoms with Gasteiger partial charge in [0.25, 0.3) is 0 Å². The van der Waals surface area contributed by atoms with E-state index in [1.54, 1.807) is 39.0 Å². The molecule has 2 rings (SSSR count). The van der Waals surface area contributed by atoms with E-state index in [0.29, 0.717) is 18.5 Å². The Hall–Kier alpha value is -1.89. The molecule has 1 aromatic rings. The van der Waals surface area contributed by atoms with Crippen molar-refractivity contribution >= 4 is 33.7 Å². The van der Waals surface area contributed by atoms with Crippen molar-refractivity contribution in [2.75, 3.05) is 13.1 Å². The van der Waals surface area contributed by atoms with Gasteiger partial charge in [-0.15, -0.1) is 0 Å². The lowest BCUT2D eigenvalue weighted by Gasteiger charge is -2.28. The first-order valence-electron chi connectivity index (χ1n) is 8.23. The Balaban J connectivity index is 1.93. The lowest BCUT2D eigenvalue weighted by Crippen LogP contribution is -2.48. The predicted octanol–water partition coefficient (Wildman–Crippen LogP) is 3.15. The molecule has 1 N–H and O–H groups in total. The quantitative estimate of drug-likeness (QED) is 0.773. The standard InChI is InChI=1S/C18H23BrN2O4/c1-18(2,3)25-17(24)21-9-5-8-14(21)16(23)20-11-15(22)12-6-4-7-13(19)10-12/h4,6-7,10,14H,5,8-9,11H2,1-3H3,(H,20,23)/t14-/m0/s1. The Morgan fingerprint density at radius 2 is 2.04 bits per heavy atom. The summed E-state index contributed by atoms with van der Waals surface area (Å²) in [5.41, 5.74) is -0.0951. The summed E-state index contributed by atoms with van der Waals surface area (Å²) in [6, 6.07) is 6.40. The highest BCUT2D eigenvalue weighted by Crippen LogP contribution is 2.21. The first-order valence-corrected chi connectivity index (χ1v) is 9.03. The smallest absolute Gasteiger partial charge is 0.410 e. The lowest BCUT2D eigenvalue weighted by molar-refractivity contribution is -0.125. The van der Waals surface area contributed by atoms with E-state index in [0.717, 1.165) is 10.9 Å². The van der Waals surface area contributed by atoms with E-state index in [2.05, 4.69) is 21.2 Å². The van der Waals surface area contributed by atoms with Crippen molar-refractivity contribution < 1.29 is 19.1 Å². The zero-order chi connectivity index (χ0) is 18.6. The Bertz CT molecular complexity index is 669. The summed E-state index contributed by atoms with van der Waals surface area (Å²) in [4.78, 5) is 38.2. The maximum atomic E-state index is 12.4. The van der Waals surface area contributed by atoms with E-state index in [4.69, 9.17) is 4.74 Å². The van der Waals surface area contributed by atoms with Crippen molar-refractivity contribution in [2.24, 2.45) is 0 Å². The summed E-state index contributed by atoms with van der Waals surface area (Å²) in [6.07, 6.45) is 0.802. The number of nitrogens with zero attached hydrogens (tertiary/aromatic N) is 1. The highest BCUT2D eigenvalue weighted by molar-refractivity contribution is 9.10. The molecule has 136 valence electrons. The van der Waals surface area contributed by atoms with E-state index in [9.17, 15) is 14.4 Å². The summed E-state index contributed by atoms with van der Waals surface area (Å²) in [7, 11) is 0. The first-order chi connectivity index (χ1) is 11.7. The van der Waals surface area contributed by atoms with Crippen molar-refractivity contribution in [1.29, 1.82) is 0 Å². The number of amides is 2. The summed E-state index contributed by atoms with van der Waals surface area (Å²) in [5, 5.41) is 2.64. The van der Waals surface area contributed by atoms with Crippen LogP contribution in [0.25, 0.3) is 0 Å². The summed E-state index contributed by atoms with van der Waals surface area (Å²) in [5.74, 6) is -0.511. The van der Waals surface area contributed by atoms with Crippen molar-refractivity contribution in [2.45, 2.75) is 45.3 Å². The van der Waals surface area contributed by atoms with Gasteiger partial charge in [0.1, 0.15) is 11.6 Å². The monoisotopic (exact) mass is 410 g/mol. The van der Waals surface area contributed by atoms with Gasteiger partial charge in [0, 0.05) is 16.6 Å². The number of halogens is 1. The normalized spacial score (nSPS) is 17.3. The number of likely N-dealkylation sites (tertiary alicyclic amines) is 1. The maximum absolute atomic E-state index is 12.4. The zero-order valence-corrected chi connectivity index (χ0v) is 16.3. The van der Waals surface area contributed by atoms with Crippen LogP contribution in [0, 0.1) is 0 Å². The molecule has 0 bridgehead atoms. The summed E-state index contributed by atoms with van der Waals surface area (Å²) >= 11 is 3.31. The third-order valence-corrected chi connectivity index (χ3v) is 4.25. The average molecular weight is 411 g/mol. The van der Waals surface area contributed by atoms with Gasteiger partial charge in [-0.25, -0.2) is 4.79 Å². The van der Waals surface area contributed by atoms with Crippen LogP contribution in [0.4, 0.5) is 4.79 Å². The van der Waals surface area contributed by atoms with Crippen LogP contribution in [0.2, 0.25) is 0 Å². The van der Waals surface area contributed by atoms with Crippen molar-refractivity contribution in [3.63, 3.8) is 0 Å². The number of rotatable bonds is 4. The van der Waals surface area contributed by atoms with Crippen LogP contribution < -0.4 is 5.32 Å². The van der Waals surface area contributed by atoms with E-state index in [1.807, 2.05) is 6.07 Å².